The third-order valence-electron chi connectivity index (χ3n) is 4.88. The van der Waals surface area contributed by atoms with E-state index in [4.69, 9.17) is 4.74 Å². The maximum absolute atomic E-state index is 12.9. The summed E-state index contributed by atoms with van der Waals surface area (Å²) in [7, 11) is -0.0335. The molecular weight excluding hydrogens is 372 g/mol. The fraction of sp³-hybridized carbons (Fsp3) is 0.611. The topological polar surface area (TPSA) is 66.9 Å². The van der Waals surface area contributed by atoms with Crippen molar-refractivity contribution in [3.63, 3.8) is 0 Å². The number of nitrogens with zero attached hydrogens (tertiary/aromatic N) is 2. The number of hydrogen-bond acceptors (Lipinski definition) is 5. The van der Waals surface area contributed by atoms with Crippen molar-refractivity contribution >= 4 is 27.7 Å². The molecule has 0 saturated carbocycles. The highest BCUT2D eigenvalue weighted by molar-refractivity contribution is 8.01. The number of ether oxygens (including phenoxy) is 1. The molecule has 2 aliphatic heterocycles. The lowest BCUT2D eigenvalue weighted by Crippen LogP contribution is -2.60. The first kappa shape index (κ1) is 19.7. The molecule has 2 fully saturated rings. The molecule has 144 valence electrons. The van der Waals surface area contributed by atoms with E-state index in [1.807, 2.05) is 19.9 Å². The van der Waals surface area contributed by atoms with Crippen molar-refractivity contribution in [2.45, 2.75) is 36.0 Å². The minimum atomic E-state index is -3.45. The highest BCUT2D eigenvalue weighted by Gasteiger charge is 2.53. The Kier molecular flexibility index (Phi) is 5.40. The van der Waals surface area contributed by atoms with Gasteiger partial charge in [-0.25, -0.2) is 8.42 Å². The predicted octanol–water partition coefficient (Wildman–Crippen LogP) is 1.66. The zero-order valence-electron chi connectivity index (χ0n) is 15.7. The van der Waals surface area contributed by atoms with Gasteiger partial charge in [0.15, 0.2) is 0 Å². The Bertz CT molecular complexity index is 781. The van der Waals surface area contributed by atoms with Crippen LogP contribution in [-0.4, -0.2) is 73.9 Å². The summed E-state index contributed by atoms with van der Waals surface area (Å²) in [6.45, 7) is 4.92. The number of carbonyl (C=O) groups is 1. The molecule has 0 unspecified atom stereocenters. The smallest absolute Gasteiger partial charge is 0.248 e. The Balaban J connectivity index is 1.59. The number of likely N-dealkylation sites (N-methyl/N-ethyl adjacent to an activating group) is 1. The molecule has 26 heavy (non-hydrogen) atoms. The molecule has 2 saturated heterocycles. The van der Waals surface area contributed by atoms with Crippen LogP contribution in [0.5, 0.6) is 0 Å². The van der Waals surface area contributed by atoms with Gasteiger partial charge in [0.25, 0.3) is 0 Å². The van der Waals surface area contributed by atoms with Gasteiger partial charge in [-0.3, -0.25) is 4.79 Å². The van der Waals surface area contributed by atoms with Crippen LogP contribution in [0.4, 0.5) is 0 Å². The van der Waals surface area contributed by atoms with Crippen LogP contribution in [-0.2, 0) is 19.6 Å². The van der Waals surface area contributed by atoms with E-state index in [-0.39, 0.29) is 23.4 Å². The van der Waals surface area contributed by atoms with E-state index in [0.717, 1.165) is 23.3 Å². The lowest BCUT2D eigenvalue weighted by atomic mass is 9.95. The quantitative estimate of drug-likeness (QED) is 0.755. The van der Waals surface area contributed by atoms with Crippen molar-refractivity contribution < 1.29 is 17.9 Å². The lowest BCUT2D eigenvalue weighted by molar-refractivity contribution is -0.135. The molecule has 2 heterocycles. The number of benzene rings is 1. The summed E-state index contributed by atoms with van der Waals surface area (Å²) in [6, 6.07) is 5.43. The molecular formula is C18H26N2O4S2. The van der Waals surface area contributed by atoms with Gasteiger partial charge in [-0.05, 0) is 43.5 Å². The molecule has 6 nitrogen and oxygen atoms in total. The predicted molar refractivity (Wildman–Crippen MR) is 103 cm³/mol. The van der Waals surface area contributed by atoms with E-state index in [1.54, 1.807) is 42.3 Å². The van der Waals surface area contributed by atoms with Gasteiger partial charge >= 0.3 is 0 Å². The number of rotatable bonds is 5. The second-order valence-corrected chi connectivity index (χ2v) is 10.9. The van der Waals surface area contributed by atoms with E-state index in [2.05, 4.69) is 0 Å². The monoisotopic (exact) mass is 398 g/mol. The Morgan fingerprint density at radius 2 is 1.88 bits per heavy atom. The molecule has 0 radical (unpaired) electrons. The van der Waals surface area contributed by atoms with Gasteiger partial charge in [-0.1, -0.05) is 6.07 Å². The maximum atomic E-state index is 12.9. The van der Waals surface area contributed by atoms with Crippen molar-refractivity contribution in [3.8, 4) is 0 Å². The third kappa shape index (κ3) is 3.93. The van der Waals surface area contributed by atoms with Crippen LogP contribution in [0.2, 0.25) is 0 Å². The molecule has 1 atom stereocenters. The van der Waals surface area contributed by atoms with Gasteiger partial charge in [-0.15, -0.1) is 11.8 Å². The van der Waals surface area contributed by atoms with E-state index < -0.39 is 10.0 Å². The average Bonchev–Trinajstić information content (AvgIpc) is 2.94. The maximum Gasteiger partial charge on any atom is 0.248 e. The fourth-order valence-electron chi connectivity index (χ4n) is 3.45. The summed E-state index contributed by atoms with van der Waals surface area (Å²) < 4.78 is 32.9. The van der Waals surface area contributed by atoms with Gasteiger partial charge in [-0.2, -0.15) is 4.31 Å². The zero-order chi connectivity index (χ0) is 19.1. The van der Waals surface area contributed by atoms with Crippen molar-refractivity contribution in [1.29, 1.82) is 0 Å². The Morgan fingerprint density at radius 1 is 1.27 bits per heavy atom. The van der Waals surface area contributed by atoms with Crippen LogP contribution in [0.1, 0.15) is 17.5 Å². The average molecular weight is 399 g/mol. The van der Waals surface area contributed by atoms with E-state index in [1.165, 1.54) is 4.90 Å². The zero-order valence-corrected chi connectivity index (χ0v) is 17.3. The number of aryl methyl sites for hydroxylation is 2. The molecule has 1 aromatic rings. The minimum absolute atomic E-state index is 0.00923. The van der Waals surface area contributed by atoms with Gasteiger partial charge in [0.1, 0.15) is 6.61 Å². The van der Waals surface area contributed by atoms with Crippen molar-refractivity contribution in [2.24, 2.45) is 0 Å². The van der Waals surface area contributed by atoms with Crippen molar-refractivity contribution in [2.75, 3.05) is 39.5 Å². The Morgan fingerprint density at radius 3 is 2.46 bits per heavy atom. The van der Waals surface area contributed by atoms with Crippen LogP contribution in [0.15, 0.2) is 23.1 Å². The molecule has 1 aromatic carbocycles. The number of thioether (sulfide) groups is 1. The lowest BCUT2D eigenvalue weighted by Gasteiger charge is -2.46. The first-order valence-electron chi connectivity index (χ1n) is 8.65. The molecule has 1 spiro atoms. The van der Waals surface area contributed by atoms with Crippen LogP contribution in [0.3, 0.4) is 0 Å². The normalized spacial score (nSPS) is 22.4. The highest BCUT2D eigenvalue weighted by Crippen LogP contribution is 2.47. The summed E-state index contributed by atoms with van der Waals surface area (Å²) in [6.07, 6.45) is 0.798. The standard InChI is InChI=1S/C18H26N2O4S2/c1-13-5-14(2)7-16(6-13)26(22,23)20-11-18(12-20)8-15(10-25-18)24-9-17(21)19(3)4/h5-7,15H,8-12H2,1-4H3/t15-/m0/s1. The molecule has 3 rings (SSSR count). The number of amides is 1. The molecule has 0 aromatic heterocycles. The number of sulfonamides is 1. The van der Waals surface area contributed by atoms with Gasteiger partial charge in [0.05, 0.1) is 11.0 Å². The summed E-state index contributed by atoms with van der Waals surface area (Å²) >= 11 is 1.76. The second-order valence-electron chi connectivity index (χ2n) is 7.52. The summed E-state index contributed by atoms with van der Waals surface area (Å²) in [4.78, 5) is 13.5. The summed E-state index contributed by atoms with van der Waals surface area (Å²) in [5.41, 5.74) is 1.90. The van der Waals surface area contributed by atoms with Crippen LogP contribution in [0, 0.1) is 13.8 Å². The van der Waals surface area contributed by atoms with Crippen LogP contribution < -0.4 is 0 Å². The Labute approximate surface area is 159 Å². The SMILES string of the molecule is Cc1cc(C)cc(S(=O)(=O)N2CC3(C[C@H](OCC(=O)N(C)C)CS3)C2)c1. The first-order valence-corrected chi connectivity index (χ1v) is 11.1. The van der Waals surface area contributed by atoms with Gasteiger partial charge < -0.3 is 9.64 Å². The van der Waals surface area contributed by atoms with E-state index in [0.29, 0.717) is 18.0 Å². The van der Waals surface area contributed by atoms with Gasteiger partial charge in [0.2, 0.25) is 15.9 Å². The Hall–Kier alpha value is -1.09. The van der Waals surface area contributed by atoms with Crippen LogP contribution >= 0.6 is 11.8 Å². The number of carbonyl (C=O) groups excluding carboxylic acids is 1. The molecule has 0 bridgehead atoms. The van der Waals surface area contributed by atoms with E-state index in [9.17, 15) is 13.2 Å². The third-order valence-corrected chi connectivity index (χ3v) is 8.22. The van der Waals surface area contributed by atoms with Gasteiger partial charge in [0, 0.05) is 37.7 Å². The van der Waals surface area contributed by atoms with E-state index >= 15 is 0 Å². The molecule has 0 N–H and O–H groups in total. The minimum Gasteiger partial charge on any atom is -0.367 e. The first-order chi connectivity index (χ1) is 12.1. The molecule has 1 amide bonds. The summed E-state index contributed by atoms with van der Waals surface area (Å²) in [5, 5.41) is 0. The largest absolute Gasteiger partial charge is 0.367 e. The molecule has 0 aliphatic carbocycles. The molecule has 2 aliphatic rings. The molecule has 8 heteroatoms. The fourth-order valence-corrected chi connectivity index (χ4v) is 6.96. The number of hydrogen-bond donors (Lipinski definition) is 0. The highest BCUT2D eigenvalue weighted by atomic mass is 32.2. The second kappa shape index (κ2) is 7.14. The summed E-state index contributed by atoms with van der Waals surface area (Å²) in [5.74, 6) is 0.751. The van der Waals surface area contributed by atoms with Crippen LogP contribution in [0.25, 0.3) is 0 Å². The van der Waals surface area contributed by atoms with Crippen molar-refractivity contribution in [3.05, 3.63) is 29.3 Å². The van der Waals surface area contributed by atoms with Crippen molar-refractivity contribution in [1.82, 2.24) is 9.21 Å².